The average Bonchev–Trinajstić information content (AvgIpc) is 2.33. The number of nitrogens with zero attached hydrogens (tertiary/aromatic N) is 1. The third-order valence-corrected chi connectivity index (χ3v) is 3.74. The molecule has 0 aliphatic carbocycles. The number of benzene rings is 1. The second-order valence-electron chi connectivity index (χ2n) is 6.15. The van der Waals surface area contributed by atoms with Gasteiger partial charge >= 0.3 is 0 Å². The van der Waals surface area contributed by atoms with E-state index in [2.05, 4.69) is 21.0 Å². The van der Waals surface area contributed by atoms with Crippen LogP contribution in [-0.2, 0) is 6.42 Å². The smallest absolute Gasteiger partial charge is 0.0785 e. The Hall–Kier alpha value is -1.22. The Balaban J connectivity index is 2.38. The van der Waals surface area contributed by atoms with Crippen molar-refractivity contribution in [3.63, 3.8) is 0 Å². The summed E-state index contributed by atoms with van der Waals surface area (Å²) in [4.78, 5) is 0. The Kier molecular flexibility index (Phi) is 6.16. The van der Waals surface area contributed by atoms with Crippen LogP contribution in [0.2, 0.25) is 0 Å². The lowest BCUT2D eigenvalue weighted by Gasteiger charge is -2.30. The number of quaternary nitrogens is 1. The molecule has 19 heavy (non-hydrogen) atoms. The van der Waals surface area contributed by atoms with Crippen LogP contribution in [-0.4, -0.2) is 31.7 Å². The molecular weight excluding hydrogens is 234 g/mol. The third kappa shape index (κ3) is 5.97. The van der Waals surface area contributed by atoms with Crippen LogP contribution in [0.3, 0.4) is 0 Å². The second-order valence-corrected chi connectivity index (χ2v) is 6.15. The molecule has 0 saturated carbocycles. The molecule has 0 spiro atoms. The van der Waals surface area contributed by atoms with Gasteiger partial charge in [0, 0.05) is 17.8 Å². The molecule has 0 heterocycles. The number of aryl methyl sites for hydroxylation is 1. The Morgan fingerprint density at radius 2 is 1.68 bits per heavy atom. The first-order valence-electron chi connectivity index (χ1n) is 7.40. The summed E-state index contributed by atoms with van der Waals surface area (Å²) in [6.07, 6.45) is 6.13. The van der Waals surface area contributed by atoms with Crippen molar-refractivity contribution in [1.29, 1.82) is 0 Å². The molecule has 0 atom stereocenters. The summed E-state index contributed by atoms with van der Waals surface area (Å²) in [6, 6.07) is 5.78. The van der Waals surface area contributed by atoms with Gasteiger partial charge < -0.3 is 16.0 Å². The highest BCUT2D eigenvalue weighted by Gasteiger charge is 2.14. The fourth-order valence-corrected chi connectivity index (χ4v) is 2.44. The Labute approximate surface area is 118 Å². The minimum atomic E-state index is 0.806. The van der Waals surface area contributed by atoms with Crippen molar-refractivity contribution < 1.29 is 4.48 Å². The lowest BCUT2D eigenvalue weighted by atomic mass is 10.1. The molecule has 0 aromatic heterocycles. The summed E-state index contributed by atoms with van der Waals surface area (Å²) < 4.78 is 1.10. The zero-order chi connectivity index (χ0) is 14.3. The van der Waals surface area contributed by atoms with E-state index in [9.17, 15) is 0 Å². The summed E-state index contributed by atoms with van der Waals surface area (Å²) in [7, 11) is 4.64. The highest BCUT2D eigenvalue weighted by atomic mass is 15.3. The molecule has 1 aromatic carbocycles. The van der Waals surface area contributed by atoms with E-state index in [4.69, 9.17) is 11.5 Å². The van der Waals surface area contributed by atoms with Crippen molar-refractivity contribution in [3.8, 4) is 0 Å². The lowest BCUT2D eigenvalue weighted by Crippen LogP contribution is -2.41. The van der Waals surface area contributed by atoms with Gasteiger partial charge in [0.15, 0.2) is 0 Å². The lowest BCUT2D eigenvalue weighted by molar-refractivity contribution is -0.890. The fraction of sp³-hybridized carbons (Fsp3) is 0.625. The number of nitrogen functional groups attached to an aromatic ring is 2. The van der Waals surface area contributed by atoms with E-state index in [1.165, 1.54) is 37.9 Å². The number of anilines is 2. The van der Waals surface area contributed by atoms with Gasteiger partial charge in [0.05, 0.1) is 27.2 Å². The number of hydrogen-bond acceptors (Lipinski definition) is 2. The predicted octanol–water partition coefficient (Wildman–Crippen LogP) is 3.05. The van der Waals surface area contributed by atoms with Crippen molar-refractivity contribution in [1.82, 2.24) is 0 Å². The van der Waals surface area contributed by atoms with E-state index in [0.29, 0.717) is 0 Å². The summed E-state index contributed by atoms with van der Waals surface area (Å²) in [5, 5.41) is 0. The normalized spacial score (nSPS) is 11.7. The molecule has 108 valence electrons. The summed E-state index contributed by atoms with van der Waals surface area (Å²) in [5.41, 5.74) is 14.6. The number of nitrogens with two attached hydrogens (primary N) is 2. The van der Waals surface area contributed by atoms with Crippen LogP contribution in [0.25, 0.3) is 0 Å². The van der Waals surface area contributed by atoms with Gasteiger partial charge in [-0.2, -0.15) is 0 Å². The highest BCUT2D eigenvalue weighted by molar-refractivity contribution is 5.55. The summed E-state index contributed by atoms with van der Waals surface area (Å²) in [5.74, 6) is 0. The topological polar surface area (TPSA) is 52.0 Å². The van der Waals surface area contributed by atoms with Gasteiger partial charge in [-0.1, -0.05) is 13.3 Å². The Morgan fingerprint density at radius 1 is 1.00 bits per heavy atom. The van der Waals surface area contributed by atoms with Gasteiger partial charge in [-0.05, 0) is 43.0 Å². The average molecular weight is 264 g/mol. The number of rotatable bonds is 8. The maximum atomic E-state index is 5.98. The van der Waals surface area contributed by atoms with Crippen LogP contribution < -0.4 is 11.5 Å². The second kappa shape index (κ2) is 7.39. The molecule has 0 unspecified atom stereocenters. The SMILES string of the molecule is CCCCC[N+](C)(C)CCCc1cc(N)ccc1N. The van der Waals surface area contributed by atoms with E-state index < -0.39 is 0 Å². The standard InChI is InChI=1S/C16H30N3/c1-4-5-6-11-19(2,3)12-7-8-14-13-15(17)9-10-16(14)18/h9-10,13H,4-8,11-12,17-18H2,1-3H3/q+1. The van der Waals surface area contributed by atoms with Gasteiger partial charge in [-0.15, -0.1) is 0 Å². The van der Waals surface area contributed by atoms with E-state index in [-0.39, 0.29) is 0 Å². The first-order valence-corrected chi connectivity index (χ1v) is 7.40. The van der Waals surface area contributed by atoms with Gasteiger partial charge in [-0.3, -0.25) is 0 Å². The van der Waals surface area contributed by atoms with Crippen LogP contribution >= 0.6 is 0 Å². The van der Waals surface area contributed by atoms with Gasteiger partial charge in [-0.25, -0.2) is 0 Å². The molecule has 0 aliphatic rings. The van der Waals surface area contributed by atoms with Crippen LogP contribution in [0.4, 0.5) is 11.4 Å². The van der Waals surface area contributed by atoms with Crippen molar-refractivity contribution in [3.05, 3.63) is 23.8 Å². The minimum absolute atomic E-state index is 0.806. The molecule has 3 heteroatoms. The molecule has 1 rings (SSSR count). The van der Waals surface area contributed by atoms with Crippen molar-refractivity contribution in [2.24, 2.45) is 0 Å². The van der Waals surface area contributed by atoms with Crippen molar-refractivity contribution >= 4 is 11.4 Å². The first kappa shape index (κ1) is 15.8. The molecule has 3 nitrogen and oxygen atoms in total. The van der Waals surface area contributed by atoms with E-state index >= 15 is 0 Å². The van der Waals surface area contributed by atoms with Gasteiger partial charge in [0.1, 0.15) is 0 Å². The predicted molar refractivity (Wildman–Crippen MR) is 85.0 cm³/mol. The van der Waals surface area contributed by atoms with E-state index in [0.717, 1.165) is 28.7 Å². The van der Waals surface area contributed by atoms with E-state index in [1.807, 2.05) is 18.2 Å². The monoisotopic (exact) mass is 264 g/mol. The zero-order valence-corrected chi connectivity index (χ0v) is 12.8. The van der Waals surface area contributed by atoms with Crippen LogP contribution in [0, 0.1) is 0 Å². The Morgan fingerprint density at radius 3 is 2.37 bits per heavy atom. The molecule has 4 N–H and O–H groups in total. The van der Waals surface area contributed by atoms with Gasteiger partial charge in [0.25, 0.3) is 0 Å². The molecule has 0 bridgehead atoms. The largest absolute Gasteiger partial charge is 0.399 e. The minimum Gasteiger partial charge on any atom is -0.399 e. The quantitative estimate of drug-likeness (QED) is 0.431. The Bertz CT molecular complexity index is 386. The van der Waals surface area contributed by atoms with Crippen molar-refractivity contribution in [2.75, 3.05) is 38.7 Å². The zero-order valence-electron chi connectivity index (χ0n) is 12.8. The number of unbranched alkanes of at least 4 members (excludes halogenated alkanes) is 2. The van der Waals surface area contributed by atoms with Crippen LogP contribution in [0.1, 0.15) is 38.2 Å². The molecule has 1 aromatic rings. The van der Waals surface area contributed by atoms with Crippen LogP contribution in [0.5, 0.6) is 0 Å². The fourth-order valence-electron chi connectivity index (χ4n) is 2.44. The maximum absolute atomic E-state index is 5.98. The van der Waals surface area contributed by atoms with E-state index in [1.54, 1.807) is 0 Å². The molecule has 0 aliphatic heterocycles. The molecule has 0 fully saturated rings. The highest BCUT2D eigenvalue weighted by Crippen LogP contribution is 2.18. The molecular formula is C16H30N3+. The summed E-state index contributed by atoms with van der Waals surface area (Å²) in [6.45, 7) is 4.71. The summed E-state index contributed by atoms with van der Waals surface area (Å²) >= 11 is 0. The molecule has 0 radical (unpaired) electrons. The van der Waals surface area contributed by atoms with Crippen LogP contribution in [0.15, 0.2) is 18.2 Å². The third-order valence-electron chi connectivity index (χ3n) is 3.74. The first-order chi connectivity index (χ1) is 8.94. The van der Waals surface area contributed by atoms with Gasteiger partial charge in [0.2, 0.25) is 0 Å². The molecule has 0 amide bonds. The maximum Gasteiger partial charge on any atom is 0.0785 e. The van der Waals surface area contributed by atoms with Crippen molar-refractivity contribution in [2.45, 2.75) is 39.0 Å². The molecule has 0 saturated heterocycles. The number of hydrogen-bond donors (Lipinski definition) is 2.